The van der Waals surface area contributed by atoms with Crippen LogP contribution in [0.3, 0.4) is 0 Å². The van der Waals surface area contributed by atoms with Crippen molar-refractivity contribution in [1.29, 1.82) is 0 Å². The number of benzene rings is 9. The van der Waals surface area contributed by atoms with Crippen LogP contribution in [0.15, 0.2) is 205 Å². The van der Waals surface area contributed by atoms with Crippen molar-refractivity contribution in [2.45, 2.75) is 19.3 Å². The molecule has 0 N–H and O–H groups in total. The lowest BCUT2D eigenvalue weighted by Crippen LogP contribution is -2.17. The van der Waals surface area contributed by atoms with E-state index in [-0.39, 0.29) is 5.41 Å². The fourth-order valence-electron chi connectivity index (χ4n) is 9.38. The number of furan rings is 1. The largest absolute Gasteiger partial charge is 0.455 e. The minimum atomic E-state index is -0.193. The lowest BCUT2D eigenvalue weighted by atomic mass is 9.81. The minimum Gasteiger partial charge on any atom is -0.455 e. The molecule has 0 unspecified atom stereocenters. The number of rotatable bonds is 6. The molecule has 0 bridgehead atoms. The summed E-state index contributed by atoms with van der Waals surface area (Å²) in [6, 6.07) is 72.5. The summed E-state index contributed by atoms with van der Waals surface area (Å²) in [4.78, 5) is 2.50. The predicted octanol–water partition coefficient (Wildman–Crippen LogP) is 15.5. The molecule has 270 valence electrons. The maximum absolute atomic E-state index is 6.87. The Labute approximate surface area is 332 Å². The molecule has 1 aromatic heterocycles. The normalized spacial score (nSPS) is 12.9. The van der Waals surface area contributed by atoms with Crippen molar-refractivity contribution in [2.75, 3.05) is 4.90 Å². The SMILES string of the molecule is CC1(C)c2ccccc2-c2c1cc(N(c1cccc(-c3ccccc3-c3ccccc3)c1)c1ccc(-c3ccccc3)c3oc4ccccc4c13)c1ccccc21. The number of anilines is 3. The molecule has 0 radical (unpaired) electrons. The molecule has 0 saturated heterocycles. The Bertz CT molecular complexity index is 3150. The summed E-state index contributed by atoms with van der Waals surface area (Å²) in [5.41, 5.74) is 17.2. The van der Waals surface area contributed by atoms with Gasteiger partial charge in [0.25, 0.3) is 0 Å². The summed E-state index contributed by atoms with van der Waals surface area (Å²) in [5, 5.41) is 4.64. The van der Waals surface area contributed by atoms with Crippen molar-refractivity contribution in [3.8, 4) is 44.5 Å². The van der Waals surface area contributed by atoms with Crippen molar-refractivity contribution in [1.82, 2.24) is 0 Å². The average molecular weight is 730 g/mol. The van der Waals surface area contributed by atoms with E-state index in [1.165, 1.54) is 49.7 Å². The molecule has 10 aromatic rings. The number of para-hydroxylation sites is 1. The second-order valence-electron chi connectivity index (χ2n) is 15.6. The first-order valence-electron chi connectivity index (χ1n) is 19.8. The molecular weight excluding hydrogens is 691 g/mol. The zero-order valence-corrected chi connectivity index (χ0v) is 31.9. The van der Waals surface area contributed by atoms with Gasteiger partial charge < -0.3 is 9.32 Å². The fourth-order valence-corrected chi connectivity index (χ4v) is 9.38. The van der Waals surface area contributed by atoms with Crippen LogP contribution in [-0.4, -0.2) is 0 Å². The topological polar surface area (TPSA) is 16.4 Å². The highest BCUT2D eigenvalue weighted by Gasteiger charge is 2.38. The molecule has 11 rings (SSSR count). The van der Waals surface area contributed by atoms with Crippen molar-refractivity contribution < 1.29 is 4.42 Å². The standard InChI is InChI=1S/C55H39NO/c1-55(2)47-30-15-13-28-45(47)52-44-27-12-11-26-43(44)50(35-48(52)55)56(39-23-17-22-38(34-39)41-25-10-9-24-40(41)36-18-5-3-6-19-36)49-33-32-42(37-20-7-4-8-21-37)54-53(49)46-29-14-16-31-51(46)57-54/h3-35H,1-2H3. The summed E-state index contributed by atoms with van der Waals surface area (Å²) in [6.07, 6.45) is 0. The molecule has 0 aliphatic heterocycles. The minimum absolute atomic E-state index is 0.193. The zero-order valence-electron chi connectivity index (χ0n) is 31.9. The zero-order chi connectivity index (χ0) is 38.1. The number of hydrogen-bond acceptors (Lipinski definition) is 2. The molecule has 0 fully saturated rings. The van der Waals surface area contributed by atoms with Crippen molar-refractivity contribution >= 4 is 49.8 Å². The third-order valence-electron chi connectivity index (χ3n) is 12.1. The maximum Gasteiger partial charge on any atom is 0.145 e. The van der Waals surface area contributed by atoms with E-state index in [4.69, 9.17) is 4.42 Å². The molecule has 2 nitrogen and oxygen atoms in total. The van der Waals surface area contributed by atoms with Gasteiger partial charge >= 0.3 is 0 Å². The van der Waals surface area contributed by atoms with E-state index >= 15 is 0 Å². The first-order valence-corrected chi connectivity index (χ1v) is 19.8. The van der Waals surface area contributed by atoms with Gasteiger partial charge in [-0.25, -0.2) is 0 Å². The Balaban J connectivity index is 1.24. The summed E-state index contributed by atoms with van der Waals surface area (Å²) in [6.45, 7) is 4.75. The van der Waals surface area contributed by atoms with Gasteiger partial charge in [-0.1, -0.05) is 178 Å². The van der Waals surface area contributed by atoms with E-state index in [1.54, 1.807) is 0 Å². The Kier molecular flexibility index (Phi) is 7.55. The first-order chi connectivity index (χ1) is 28.1. The van der Waals surface area contributed by atoms with Crippen LogP contribution < -0.4 is 4.90 Å². The van der Waals surface area contributed by atoms with Gasteiger partial charge in [0.15, 0.2) is 0 Å². The lowest BCUT2D eigenvalue weighted by Gasteiger charge is -2.31. The Morgan fingerprint density at radius 2 is 0.982 bits per heavy atom. The van der Waals surface area contributed by atoms with E-state index < -0.39 is 0 Å². The molecule has 0 saturated carbocycles. The molecule has 2 heteroatoms. The number of nitrogens with zero attached hydrogens (tertiary/aromatic N) is 1. The van der Waals surface area contributed by atoms with Crippen LogP contribution in [0.1, 0.15) is 25.0 Å². The molecule has 0 amide bonds. The monoisotopic (exact) mass is 729 g/mol. The molecule has 0 atom stereocenters. The van der Waals surface area contributed by atoms with Crippen LogP contribution in [0.25, 0.3) is 77.2 Å². The molecular formula is C55H39NO. The summed E-state index contributed by atoms with van der Waals surface area (Å²) < 4.78 is 6.87. The van der Waals surface area contributed by atoms with Crippen molar-refractivity contribution in [2.24, 2.45) is 0 Å². The van der Waals surface area contributed by atoms with Crippen molar-refractivity contribution in [3.05, 3.63) is 211 Å². The molecule has 1 heterocycles. The van der Waals surface area contributed by atoms with Gasteiger partial charge in [0, 0.05) is 27.4 Å². The molecule has 1 aliphatic carbocycles. The fraction of sp³-hybridized carbons (Fsp3) is 0.0545. The molecule has 0 spiro atoms. The number of hydrogen-bond donors (Lipinski definition) is 0. The predicted molar refractivity (Wildman–Crippen MR) is 240 cm³/mol. The van der Waals surface area contributed by atoms with E-state index in [9.17, 15) is 0 Å². The summed E-state index contributed by atoms with van der Waals surface area (Å²) in [7, 11) is 0. The van der Waals surface area contributed by atoms with Crippen LogP contribution in [0.5, 0.6) is 0 Å². The van der Waals surface area contributed by atoms with Crippen LogP contribution >= 0.6 is 0 Å². The molecule has 1 aliphatic rings. The van der Waals surface area contributed by atoms with Crippen LogP contribution in [0.4, 0.5) is 17.1 Å². The van der Waals surface area contributed by atoms with Gasteiger partial charge in [-0.2, -0.15) is 0 Å². The Hall–Kier alpha value is -7.16. The van der Waals surface area contributed by atoms with E-state index in [2.05, 4.69) is 219 Å². The molecule has 57 heavy (non-hydrogen) atoms. The van der Waals surface area contributed by atoms with Gasteiger partial charge in [0.1, 0.15) is 11.2 Å². The first kappa shape index (κ1) is 33.2. The lowest BCUT2D eigenvalue weighted by molar-refractivity contribution is 0.661. The van der Waals surface area contributed by atoms with E-state index in [0.717, 1.165) is 55.7 Å². The van der Waals surface area contributed by atoms with Crippen LogP contribution in [0.2, 0.25) is 0 Å². The third-order valence-corrected chi connectivity index (χ3v) is 12.1. The quantitative estimate of drug-likeness (QED) is 0.169. The Morgan fingerprint density at radius 1 is 0.404 bits per heavy atom. The van der Waals surface area contributed by atoms with Crippen molar-refractivity contribution in [3.63, 3.8) is 0 Å². The second-order valence-corrected chi connectivity index (χ2v) is 15.6. The van der Waals surface area contributed by atoms with Gasteiger partial charge in [0.05, 0.1) is 16.8 Å². The Morgan fingerprint density at radius 3 is 1.74 bits per heavy atom. The van der Waals surface area contributed by atoms with Gasteiger partial charge in [0.2, 0.25) is 0 Å². The third kappa shape index (κ3) is 5.18. The van der Waals surface area contributed by atoms with Gasteiger partial charge in [-0.3, -0.25) is 0 Å². The van der Waals surface area contributed by atoms with Crippen LogP contribution in [0, 0.1) is 0 Å². The highest BCUT2D eigenvalue weighted by Crippen LogP contribution is 2.55. The highest BCUT2D eigenvalue weighted by atomic mass is 16.3. The smallest absolute Gasteiger partial charge is 0.145 e. The maximum atomic E-state index is 6.87. The van der Waals surface area contributed by atoms with Gasteiger partial charge in [-0.15, -0.1) is 0 Å². The summed E-state index contributed by atoms with van der Waals surface area (Å²) in [5.74, 6) is 0. The number of fused-ring (bicyclic) bond motifs is 8. The van der Waals surface area contributed by atoms with E-state index in [1.807, 2.05) is 0 Å². The summed E-state index contributed by atoms with van der Waals surface area (Å²) >= 11 is 0. The second kappa shape index (κ2) is 13.0. The van der Waals surface area contributed by atoms with E-state index in [0.29, 0.717) is 0 Å². The van der Waals surface area contributed by atoms with Gasteiger partial charge in [-0.05, 0) is 91.9 Å². The average Bonchev–Trinajstić information content (AvgIpc) is 3.77. The highest BCUT2D eigenvalue weighted by molar-refractivity contribution is 6.19. The molecule has 9 aromatic carbocycles. The van der Waals surface area contributed by atoms with Crippen LogP contribution in [-0.2, 0) is 5.41 Å².